The van der Waals surface area contributed by atoms with Gasteiger partial charge in [0, 0.05) is 52.4 Å². The number of imide groups is 1. The molecule has 2 aliphatic rings. The second-order valence-electron chi connectivity index (χ2n) is 7.01. The molecule has 3 rings (SSSR count). The molecule has 2 amide bonds. The van der Waals surface area contributed by atoms with E-state index >= 15 is 0 Å². The molecule has 1 aromatic carbocycles. The molecule has 6 nitrogen and oxygen atoms in total. The minimum absolute atomic E-state index is 0.0199. The maximum Gasteiger partial charge on any atom is 0.233 e. The predicted octanol–water partition coefficient (Wildman–Crippen LogP) is 1.00. The Kier molecular flexibility index (Phi) is 5.71. The molecule has 1 unspecified atom stereocenters. The summed E-state index contributed by atoms with van der Waals surface area (Å²) in [6, 6.07) is 8.16. The Balaban J connectivity index is 1.58. The van der Waals surface area contributed by atoms with Crippen LogP contribution in [0.1, 0.15) is 12.0 Å². The lowest BCUT2D eigenvalue weighted by molar-refractivity contribution is -0.139. The van der Waals surface area contributed by atoms with E-state index in [0.29, 0.717) is 19.4 Å². The molecule has 2 fully saturated rings. The fraction of sp³-hybridized carbons (Fsp3) is 0.579. The SMILES string of the molecule is CN(C)c1cccc(CC2CC(=O)N(CCN3CCOCC3)C2=O)c1. The Morgan fingerprint density at radius 2 is 1.92 bits per heavy atom. The van der Waals surface area contributed by atoms with E-state index < -0.39 is 0 Å². The number of anilines is 1. The monoisotopic (exact) mass is 345 g/mol. The standard InChI is InChI=1S/C19H27N3O3/c1-20(2)17-5-3-4-15(13-17)12-16-14-18(23)22(19(16)24)7-6-21-8-10-25-11-9-21/h3-5,13,16H,6-12,14H2,1-2H3. The van der Waals surface area contributed by atoms with Gasteiger partial charge in [0.1, 0.15) is 0 Å². The number of nitrogens with zero attached hydrogens (tertiary/aromatic N) is 3. The van der Waals surface area contributed by atoms with Gasteiger partial charge in [0.25, 0.3) is 0 Å². The Hall–Kier alpha value is -1.92. The number of hydrogen-bond donors (Lipinski definition) is 0. The number of carbonyl (C=O) groups excluding carboxylic acids is 2. The number of rotatable bonds is 6. The van der Waals surface area contributed by atoms with Gasteiger partial charge in [-0.3, -0.25) is 19.4 Å². The van der Waals surface area contributed by atoms with E-state index in [4.69, 9.17) is 4.74 Å². The third kappa shape index (κ3) is 4.38. The molecular weight excluding hydrogens is 318 g/mol. The number of morpholine rings is 1. The van der Waals surface area contributed by atoms with E-state index in [1.165, 1.54) is 4.90 Å². The lowest BCUT2D eigenvalue weighted by Gasteiger charge is -2.28. The number of ether oxygens (including phenoxy) is 1. The van der Waals surface area contributed by atoms with Crippen molar-refractivity contribution < 1.29 is 14.3 Å². The van der Waals surface area contributed by atoms with Crippen LogP contribution in [0.2, 0.25) is 0 Å². The van der Waals surface area contributed by atoms with Crippen molar-refractivity contribution in [2.75, 3.05) is 58.4 Å². The molecule has 2 saturated heterocycles. The molecule has 0 spiro atoms. The van der Waals surface area contributed by atoms with E-state index in [-0.39, 0.29) is 17.7 Å². The van der Waals surface area contributed by atoms with Crippen LogP contribution in [0.15, 0.2) is 24.3 Å². The van der Waals surface area contributed by atoms with Gasteiger partial charge in [-0.05, 0) is 24.1 Å². The maximum absolute atomic E-state index is 12.7. The summed E-state index contributed by atoms with van der Waals surface area (Å²) in [5.74, 6) is -0.282. The van der Waals surface area contributed by atoms with Crippen LogP contribution >= 0.6 is 0 Å². The molecule has 2 heterocycles. The van der Waals surface area contributed by atoms with Crippen LogP contribution in [0.25, 0.3) is 0 Å². The summed E-state index contributed by atoms with van der Waals surface area (Å²) in [6.07, 6.45) is 0.953. The van der Waals surface area contributed by atoms with Crippen LogP contribution in [-0.4, -0.2) is 75.1 Å². The largest absolute Gasteiger partial charge is 0.379 e. The van der Waals surface area contributed by atoms with E-state index in [0.717, 1.165) is 44.1 Å². The molecule has 0 aliphatic carbocycles. The third-order valence-electron chi connectivity index (χ3n) is 4.99. The molecular formula is C19H27N3O3. The van der Waals surface area contributed by atoms with Crippen LogP contribution in [0.5, 0.6) is 0 Å². The normalized spacial score (nSPS) is 21.8. The van der Waals surface area contributed by atoms with E-state index in [1.807, 2.05) is 37.2 Å². The fourth-order valence-corrected chi connectivity index (χ4v) is 3.46. The summed E-state index contributed by atoms with van der Waals surface area (Å²) in [4.78, 5) is 30.7. The highest BCUT2D eigenvalue weighted by Gasteiger charge is 2.38. The molecule has 0 aromatic heterocycles. The first-order chi connectivity index (χ1) is 12.0. The highest BCUT2D eigenvalue weighted by molar-refractivity contribution is 6.03. The molecule has 6 heteroatoms. The topological polar surface area (TPSA) is 53.1 Å². The summed E-state index contributed by atoms with van der Waals surface area (Å²) < 4.78 is 5.33. The zero-order valence-electron chi connectivity index (χ0n) is 15.1. The van der Waals surface area contributed by atoms with Crippen LogP contribution < -0.4 is 4.90 Å². The van der Waals surface area contributed by atoms with Crippen molar-refractivity contribution in [3.63, 3.8) is 0 Å². The Morgan fingerprint density at radius 3 is 2.64 bits per heavy atom. The number of likely N-dealkylation sites (tertiary alicyclic amines) is 1. The minimum Gasteiger partial charge on any atom is -0.379 e. The van der Waals surface area contributed by atoms with Crippen LogP contribution in [0, 0.1) is 5.92 Å². The molecule has 136 valence electrons. The predicted molar refractivity (Wildman–Crippen MR) is 96.6 cm³/mol. The summed E-state index contributed by atoms with van der Waals surface area (Å²) >= 11 is 0. The number of carbonyl (C=O) groups is 2. The van der Waals surface area contributed by atoms with Crippen molar-refractivity contribution in [2.24, 2.45) is 5.92 Å². The van der Waals surface area contributed by atoms with E-state index in [1.54, 1.807) is 0 Å². The summed E-state index contributed by atoms with van der Waals surface area (Å²) in [7, 11) is 3.99. The van der Waals surface area contributed by atoms with E-state index in [2.05, 4.69) is 11.0 Å². The average Bonchev–Trinajstić information content (AvgIpc) is 2.87. The zero-order chi connectivity index (χ0) is 17.8. The molecule has 0 bridgehead atoms. The van der Waals surface area contributed by atoms with Crippen LogP contribution in [-0.2, 0) is 20.7 Å². The van der Waals surface area contributed by atoms with Crippen LogP contribution in [0.4, 0.5) is 5.69 Å². The summed E-state index contributed by atoms with van der Waals surface area (Å²) in [5.41, 5.74) is 2.21. The van der Waals surface area contributed by atoms with Gasteiger partial charge < -0.3 is 9.64 Å². The highest BCUT2D eigenvalue weighted by Crippen LogP contribution is 2.25. The van der Waals surface area contributed by atoms with E-state index in [9.17, 15) is 9.59 Å². The van der Waals surface area contributed by atoms with Gasteiger partial charge >= 0.3 is 0 Å². The Bertz CT molecular complexity index is 626. The van der Waals surface area contributed by atoms with Crippen molar-refractivity contribution in [3.8, 4) is 0 Å². The maximum atomic E-state index is 12.7. The van der Waals surface area contributed by atoms with Gasteiger partial charge in [0.15, 0.2) is 0 Å². The van der Waals surface area contributed by atoms with Gasteiger partial charge in [-0.2, -0.15) is 0 Å². The molecule has 0 saturated carbocycles. The van der Waals surface area contributed by atoms with Crippen molar-refractivity contribution >= 4 is 17.5 Å². The molecule has 0 N–H and O–H groups in total. The number of hydrogen-bond acceptors (Lipinski definition) is 5. The highest BCUT2D eigenvalue weighted by atomic mass is 16.5. The first-order valence-corrected chi connectivity index (χ1v) is 8.95. The fourth-order valence-electron chi connectivity index (χ4n) is 3.46. The Morgan fingerprint density at radius 1 is 1.16 bits per heavy atom. The average molecular weight is 345 g/mol. The second kappa shape index (κ2) is 7.97. The summed E-state index contributed by atoms with van der Waals surface area (Å²) in [6.45, 7) is 4.43. The third-order valence-corrected chi connectivity index (χ3v) is 4.99. The number of benzene rings is 1. The quantitative estimate of drug-likeness (QED) is 0.720. The van der Waals surface area contributed by atoms with Crippen molar-refractivity contribution in [3.05, 3.63) is 29.8 Å². The van der Waals surface area contributed by atoms with Crippen molar-refractivity contribution in [2.45, 2.75) is 12.8 Å². The summed E-state index contributed by atoms with van der Waals surface area (Å²) in [5, 5.41) is 0. The van der Waals surface area contributed by atoms with Gasteiger partial charge in [-0.25, -0.2) is 0 Å². The first-order valence-electron chi connectivity index (χ1n) is 8.95. The van der Waals surface area contributed by atoms with Gasteiger partial charge in [0.05, 0.1) is 19.1 Å². The number of amides is 2. The Labute approximate surface area is 149 Å². The zero-order valence-corrected chi connectivity index (χ0v) is 15.1. The molecule has 1 atom stereocenters. The molecule has 0 radical (unpaired) electrons. The smallest absolute Gasteiger partial charge is 0.233 e. The van der Waals surface area contributed by atoms with Gasteiger partial charge in [-0.15, -0.1) is 0 Å². The molecule has 25 heavy (non-hydrogen) atoms. The second-order valence-corrected chi connectivity index (χ2v) is 7.01. The van der Waals surface area contributed by atoms with Crippen molar-refractivity contribution in [1.82, 2.24) is 9.80 Å². The molecule has 1 aromatic rings. The molecule has 2 aliphatic heterocycles. The van der Waals surface area contributed by atoms with Crippen molar-refractivity contribution in [1.29, 1.82) is 0 Å². The first kappa shape index (κ1) is 17.9. The lowest BCUT2D eigenvalue weighted by atomic mass is 9.97. The van der Waals surface area contributed by atoms with Gasteiger partial charge in [-0.1, -0.05) is 12.1 Å². The van der Waals surface area contributed by atoms with Crippen LogP contribution in [0.3, 0.4) is 0 Å². The minimum atomic E-state index is -0.227. The lowest BCUT2D eigenvalue weighted by Crippen LogP contribution is -2.43. The van der Waals surface area contributed by atoms with Gasteiger partial charge in [0.2, 0.25) is 11.8 Å².